The molecular weight excluding hydrogens is 424 g/mol. The van der Waals surface area contributed by atoms with Crippen molar-refractivity contribution in [3.05, 3.63) is 89.5 Å². The van der Waals surface area contributed by atoms with Crippen molar-refractivity contribution in [1.82, 2.24) is 4.31 Å². The zero-order chi connectivity index (χ0) is 22.7. The van der Waals surface area contributed by atoms with Gasteiger partial charge in [-0.2, -0.15) is 4.31 Å². The summed E-state index contributed by atoms with van der Waals surface area (Å²) in [6, 6.07) is 22.0. The Balaban J connectivity index is 1.69. The van der Waals surface area contributed by atoms with Crippen molar-refractivity contribution < 1.29 is 17.9 Å². The normalized spacial score (nSPS) is 13.5. The molecule has 0 bridgehead atoms. The molecule has 3 aromatic carbocycles. The molecular formula is C25H26N2O4S. The number of fused-ring (bicyclic) bond motifs is 1. The number of amides is 1. The molecule has 7 heteroatoms. The van der Waals surface area contributed by atoms with E-state index >= 15 is 0 Å². The number of hydrogen-bond donors (Lipinski definition) is 0. The van der Waals surface area contributed by atoms with Gasteiger partial charge in [-0.1, -0.05) is 54.6 Å². The number of carbonyl (C=O) groups is 1. The number of anilines is 1. The standard InChI is InChI=1S/C25H26N2O4S/c1-19-12-13-20(2)24(16-19)32(29,30)26(17-21-8-4-3-5-9-21)18-25(28)27-14-15-31-23-11-7-6-10-22(23)27/h3-13,16H,14-15,17-18H2,1-2H3. The average Bonchev–Trinajstić information content (AvgIpc) is 2.80. The van der Waals surface area contributed by atoms with Crippen LogP contribution in [0.5, 0.6) is 5.75 Å². The molecule has 0 aliphatic carbocycles. The van der Waals surface area contributed by atoms with Crippen LogP contribution in [0.1, 0.15) is 16.7 Å². The molecule has 1 aliphatic heterocycles. The summed E-state index contributed by atoms with van der Waals surface area (Å²) in [6.45, 7) is 4.21. The fraction of sp³-hybridized carbons (Fsp3) is 0.240. The molecule has 6 nitrogen and oxygen atoms in total. The molecule has 0 atom stereocenters. The third-order valence-electron chi connectivity index (χ3n) is 5.50. The summed E-state index contributed by atoms with van der Waals surface area (Å²) in [5.74, 6) is 0.338. The van der Waals surface area contributed by atoms with E-state index in [4.69, 9.17) is 4.74 Å². The number of ether oxygens (including phenoxy) is 1. The molecule has 1 heterocycles. The zero-order valence-electron chi connectivity index (χ0n) is 18.2. The van der Waals surface area contributed by atoms with Crippen LogP contribution in [0.2, 0.25) is 0 Å². The number of carbonyl (C=O) groups excluding carboxylic acids is 1. The summed E-state index contributed by atoms with van der Waals surface area (Å²) in [4.78, 5) is 15.2. The highest BCUT2D eigenvalue weighted by Crippen LogP contribution is 2.31. The molecule has 0 fully saturated rings. The van der Waals surface area contributed by atoms with Gasteiger partial charge in [-0.05, 0) is 48.7 Å². The van der Waals surface area contributed by atoms with Crippen molar-refractivity contribution in [2.75, 3.05) is 24.6 Å². The highest BCUT2D eigenvalue weighted by Gasteiger charge is 2.32. The summed E-state index contributed by atoms with van der Waals surface area (Å²) < 4.78 is 34.3. The Hall–Kier alpha value is -3.16. The largest absolute Gasteiger partial charge is 0.490 e. The van der Waals surface area contributed by atoms with Crippen molar-refractivity contribution >= 4 is 21.6 Å². The van der Waals surface area contributed by atoms with Gasteiger partial charge in [-0.15, -0.1) is 0 Å². The minimum Gasteiger partial charge on any atom is -0.490 e. The Bertz CT molecular complexity index is 1230. The summed E-state index contributed by atoms with van der Waals surface area (Å²) >= 11 is 0. The van der Waals surface area contributed by atoms with Crippen LogP contribution in [0.3, 0.4) is 0 Å². The number of hydrogen-bond acceptors (Lipinski definition) is 4. The summed E-state index contributed by atoms with van der Waals surface area (Å²) in [5.41, 5.74) is 2.98. The first-order valence-corrected chi connectivity index (χ1v) is 11.9. The van der Waals surface area contributed by atoms with Crippen LogP contribution in [0, 0.1) is 13.8 Å². The van der Waals surface area contributed by atoms with Crippen LogP contribution in [-0.2, 0) is 21.4 Å². The molecule has 1 aliphatic rings. The average molecular weight is 451 g/mol. The first kappa shape index (κ1) is 22.0. The van der Waals surface area contributed by atoms with E-state index in [1.165, 1.54) is 4.31 Å². The second kappa shape index (κ2) is 9.14. The maximum atomic E-state index is 13.7. The van der Waals surface area contributed by atoms with Crippen LogP contribution >= 0.6 is 0 Å². The number of benzene rings is 3. The molecule has 166 valence electrons. The minimum atomic E-state index is -3.91. The van der Waals surface area contributed by atoms with E-state index < -0.39 is 10.0 Å². The van der Waals surface area contributed by atoms with E-state index in [-0.39, 0.29) is 23.9 Å². The van der Waals surface area contributed by atoms with Crippen molar-refractivity contribution in [3.63, 3.8) is 0 Å². The number of para-hydroxylation sites is 2. The van der Waals surface area contributed by atoms with Gasteiger partial charge in [-0.25, -0.2) is 8.42 Å². The zero-order valence-corrected chi connectivity index (χ0v) is 19.0. The van der Waals surface area contributed by atoms with E-state index in [0.717, 1.165) is 11.1 Å². The van der Waals surface area contributed by atoms with Gasteiger partial charge in [0, 0.05) is 6.54 Å². The number of sulfonamides is 1. The molecule has 0 spiro atoms. The lowest BCUT2D eigenvalue weighted by molar-refractivity contribution is -0.119. The van der Waals surface area contributed by atoms with Gasteiger partial charge in [0.25, 0.3) is 0 Å². The van der Waals surface area contributed by atoms with E-state index in [0.29, 0.717) is 30.2 Å². The van der Waals surface area contributed by atoms with Gasteiger partial charge in [0.1, 0.15) is 12.4 Å². The molecule has 0 saturated carbocycles. The third kappa shape index (κ3) is 4.54. The lowest BCUT2D eigenvalue weighted by Crippen LogP contribution is -2.45. The van der Waals surface area contributed by atoms with Crippen molar-refractivity contribution in [1.29, 1.82) is 0 Å². The first-order chi connectivity index (χ1) is 15.4. The highest BCUT2D eigenvalue weighted by atomic mass is 32.2. The van der Waals surface area contributed by atoms with E-state index in [1.54, 1.807) is 24.0 Å². The molecule has 0 unspecified atom stereocenters. The van der Waals surface area contributed by atoms with Gasteiger partial charge in [0.2, 0.25) is 15.9 Å². The Kier molecular flexibility index (Phi) is 6.30. The second-order valence-electron chi connectivity index (χ2n) is 7.89. The highest BCUT2D eigenvalue weighted by molar-refractivity contribution is 7.89. The fourth-order valence-electron chi connectivity index (χ4n) is 3.80. The molecule has 3 aromatic rings. The maximum Gasteiger partial charge on any atom is 0.244 e. The smallest absolute Gasteiger partial charge is 0.244 e. The van der Waals surface area contributed by atoms with Gasteiger partial charge in [-0.3, -0.25) is 4.79 Å². The van der Waals surface area contributed by atoms with Crippen LogP contribution in [-0.4, -0.2) is 38.3 Å². The Morgan fingerprint density at radius 2 is 1.72 bits per heavy atom. The lowest BCUT2D eigenvalue weighted by Gasteiger charge is -2.31. The Morgan fingerprint density at radius 1 is 1.00 bits per heavy atom. The van der Waals surface area contributed by atoms with Crippen LogP contribution in [0.25, 0.3) is 0 Å². The monoisotopic (exact) mass is 450 g/mol. The van der Waals surface area contributed by atoms with Gasteiger partial charge in [0.15, 0.2) is 0 Å². The predicted octanol–water partition coefficient (Wildman–Crippen LogP) is 3.92. The van der Waals surface area contributed by atoms with Gasteiger partial charge >= 0.3 is 0 Å². The molecule has 0 saturated heterocycles. The van der Waals surface area contributed by atoms with Crippen molar-refractivity contribution in [2.24, 2.45) is 0 Å². The summed E-state index contributed by atoms with van der Waals surface area (Å²) in [7, 11) is -3.91. The van der Waals surface area contributed by atoms with Gasteiger partial charge in [0.05, 0.1) is 23.7 Å². The SMILES string of the molecule is Cc1ccc(C)c(S(=O)(=O)N(CC(=O)N2CCOc3ccccc32)Cc2ccccc2)c1. The molecule has 0 aromatic heterocycles. The maximum absolute atomic E-state index is 13.7. The molecule has 32 heavy (non-hydrogen) atoms. The molecule has 0 radical (unpaired) electrons. The Morgan fingerprint density at radius 3 is 2.50 bits per heavy atom. The third-order valence-corrected chi connectivity index (χ3v) is 7.44. The van der Waals surface area contributed by atoms with E-state index in [2.05, 4.69) is 0 Å². The predicted molar refractivity (Wildman–Crippen MR) is 124 cm³/mol. The first-order valence-electron chi connectivity index (χ1n) is 10.5. The van der Waals surface area contributed by atoms with Gasteiger partial charge < -0.3 is 9.64 Å². The van der Waals surface area contributed by atoms with Crippen molar-refractivity contribution in [2.45, 2.75) is 25.3 Å². The van der Waals surface area contributed by atoms with Crippen molar-refractivity contribution in [3.8, 4) is 5.75 Å². The molecule has 1 amide bonds. The minimum absolute atomic E-state index is 0.105. The van der Waals surface area contributed by atoms with Crippen LogP contribution < -0.4 is 9.64 Å². The topological polar surface area (TPSA) is 66.9 Å². The van der Waals surface area contributed by atoms with E-state index in [9.17, 15) is 13.2 Å². The number of rotatable bonds is 6. The fourth-order valence-corrected chi connectivity index (χ4v) is 5.49. The molecule has 4 rings (SSSR count). The summed E-state index contributed by atoms with van der Waals surface area (Å²) in [6.07, 6.45) is 0. The number of aryl methyl sites for hydroxylation is 2. The van der Waals surface area contributed by atoms with E-state index in [1.807, 2.05) is 67.6 Å². The van der Waals surface area contributed by atoms with Crippen LogP contribution in [0.15, 0.2) is 77.7 Å². The summed E-state index contributed by atoms with van der Waals surface area (Å²) in [5, 5.41) is 0. The molecule has 0 N–H and O–H groups in total. The quantitative estimate of drug-likeness (QED) is 0.571. The second-order valence-corrected chi connectivity index (χ2v) is 9.80. The van der Waals surface area contributed by atoms with Crippen LogP contribution in [0.4, 0.5) is 5.69 Å². The lowest BCUT2D eigenvalue weighted by atomic mass is 10.2. The number of nitrogens with zero attached hydrogens (tertiary/aromatic N) is 2. The Labute approximate surface area is 189 Å².